The van der Waals surface area contributed by atoms with Crippen LogP contribution < -0.4 is 0 Å². The molecule has 0 aliphatic carbocycles. The van der Waals surface area contributed by atoms with Gasteiger partial charge in [0, 0.05) is 37.3 Å². The lowest BCUT2D eigenvalue weighted by Gasteiger charge is -2.29. The Morgan fingerprint density at radius 1 is 1.05 bits per heavy atom. The molecule has 0 radical (unpaired) electrons. The summed E-state index contributed by atoms with van der Waals surface area (Å²) in [7, 11) is 0. The normalized spacial score (nSPS) is 18.7. The molecule has 0 N–H and O–H groups in total. The van der Waals surface area contributed by atoms with Crippen molar-refractivity contribution in [3.8, 4) is 0 Å². The van der Waals surface area contributed by atoms with Gasteiger partial charge in [0.1, 0.15) is 0 Å². The Morgan fingerprint density at radius 2 is 1.65 bits per heavy atom. The van der Waals surface area contributed by atoms with E-state index in [4.69, 9.17) is 0 Å². The maximum absolute atomic E-state index is 12.5. The van der Waals surface area contributed by atoms with E-state index < -0.39 is 11.7 Å². The molecule has 0 amide bonds. The molecule has 1 aliphatic heterocycles. The zero-order valence-corrected chi connectivity index (χ0v) is 12.7. The zero-order chi connectivity index (χ0) is 15.0. The predicted octanol–water partition coefficient (Wildman–Crippen LogP) is 4.18. The monoisotopic (exact) mass is 304 g/mol. The third-order valence-corrected chi connectivity index (χ3v) is 4.62. The van der Waals surface area contributed by atoms with Crippen molar-refractivity contribution in [2.75, 3.05) is 13.1 Å². The first-order valence-electron chi connectivity index (χ1n) is 6.53. The fourth-order valence-electron chi connectivity index (χ4n) is 1.99. The van der Waals surface area contributed by atoms with Gasteiger partial charge in [0.15, 0.2) is 0 Å². The van der Waals surface area contributed by atoms with Crippen molar-refractivity contribution in [1.82, 2.24) is 8.61 Å². The Hall–Kier alpha value is -0.720. The minimum absolute atomic E-state index is 0.0968. The number of halogens is 3. The van der Waals surface area contributed by atoms with E-state index in [1.165, 1.54) is 0 Å². The van der Waals surface area contributed by atoms with Gasteiger partial charge in [-0.1, -0.05) is 12.1 Å². The van der Waals surface area contributed by atoms with Gasteiger partial charge >= 0.3 is 6.18 Å². The fourth-order valence-corrected chi connectivity index (χ4v) is 3.05. The summed E-state index contributed by atoms with van der Waals surface area (Å²) in [6.07, 6.45) is -4.26. The van der Waals surface area contributed by atoms with E-state index in [1.807, 2.05) is 0 Å². The number of benzene rings is 1. The molecule has 1 saturated heterocycles. The second-order valence-corrected chi connectivity index (χ2v) is 7.03. The molecule has 1 aromatic carbocycles. The highest BCUT2D eigenvalue weighted by Gasteiger charge is 2.31. The first-order valence-corrected chi connectivity index (χ1v) is 7.26. The lowest BCUT2D eigenvalue weighted by molar-refractivity contribution is -0.137. The van der Waals surface area contributed by atoms with Crippen LogP contribution in [0.15, 0.2) is 24.3 Å². The van der Waals surface area contributed by atoms with Crippen LogP contribution in [0.4, 0.5) is 13.2 Å². The Labute approximate surface area is 122 Å². The van der Waals surface area contributed by atoms with Crippen molar-refractivity contribution in [3.05, 3.63) is 35.4 Å². The third-order valence-electron chi connectivity index (χ3n) is 3.15. The Balaban J connectivity index is 1.95. The molecular weight excluding hydrogens is 285 g/mol. The van der Waals surface area contributed by atoms with Gasteiger partial charge in [-0.25, -0.2) is 8.61 Å². The zero-order valence-electron chi connectivity index (χ0n) is 11.9. The molecular formula is C14H19F3N2S. The minimum Gasteiger partial charge on any atom is -0.231 e. The van der Waals surface area contributed by atoms with E-state index in [-0.39, 0.29) is 5.54 Å². The molecule has 0 aromatic heterocycles. The molecule has 1 aliphatic rings. The molecule has 1 aromatic rings. The van der Waals surface area contributed by atoms with E-state index in [0.29, 0.717) is 6.54 Å². The molecule has 0 spiro atoms. The average molecular weight is 304 g/mol. The molecule has 0 atom stereocenters. The Kier molecular flexibility index (Phi) is 4.37. The van der Waals surface area contributed by atoms with Gasteiger partial charge in [-0.2, -0.15) is 13.2 Å². The van der Waals surface area contributed by atoms with Gasteiger partial charge in [0.05, 0.1) is 5.56 Å². The van der Waals surface area contributed by atoms with Gasteiger partial charge in [-0.05, 0) is 38.5 Å². The van der Waals surface area contributed by atoms with Gasteiger partial charge < -0.3 is 0 Å². The van der Waals surface area contributed by atoms with Crippen LogP contribution in [0.1, 0.15) is 31.9 Å². The van der Waals surface area contributed by atoms with Crippen molar-refractivity contribution in [1.29, 1.82) is 0 Å². The van der Waals surface area contributed by atoms with Crippen LogP contribution in [0.3, 0.4) is 0 Å². The summed E-state index contributed by atoms with van der Waals surface area (Å²) in [5.41, 5.74) is 0.410. The van der Waals surface area contributed by atoms with Crippen molar-refractivity contribution in [2.45, 2.75) is 39.0 Å². The summed E-state index contributed by atoms with van der Waals surface area (Å²) in [6, 6.07) is 5.42. The molecule has 2 nitrogen and oxygen atoms in total. The van der Waals surface area contributed by atoms with Crippen LogP contribution in [0.25, 0.3) is 0 Å². The van der Waals surface area contributed by atoms with Gasteiger partial charge in [-0.3, -0.25) is 0 Å². The highest BCUT2D eigenvalue weighted by Crippen LogP contribution is 2.33. The first kappa shape index (κ1) is 15.7. The van der Waals surface area contributed by atoms with Crippen molar-refractivity contribution >= 4 is 12.1 Å². The van der Waals surface area contributed by atoms with E-state index in [1.54, 1.807) is 24.3 Å². The molecule has 20 heavy (non-hydrogen) atoms. The number of hydrogen-bond acceptors (Lipinski definition) is 3. The maximum Gasteiger partial charge on any atom is 0.416 e. The molecule has 6 heteroatoms. The topological polar surface area (TPSA) is 6.48 Å². The van der Waals surface area contributed by atoms with Crippen LogP contribution in [0.2, 0.25) is 0 Å². The number of alkyl halides is 3. The molecule has 0 bridgehead atoms. The van der Waals surface area contributed by atoms with Crippen molar-refractivity contribution in [3.63, 3.8) is 0 Å². The molecule has 1 fully saturated rings. The summed E-state index contributed by atoms with van der Waals surface area (Å²) in [5.74, 6) is 0. The highest BCUT2D eigenvalue weighted by molar-refractivity contribution is 7.94. The van der Waals surface area contributed by atoms with E-state index >= 15 is 0 Å². The second kappa shape index (κ2) is 5.58. The van der Waals surface area contributed by atoms with E-state index in [0.717, 1.165) is 30.8 Å². The molecule has 2 rings (SSSR count). The predicted molar refractivity (Wildman–Crippen MR) is 75.9 cm³/mol. The maximum atomic E-state index is 12.5. The largest absolute Gasteiger partial charge is 0.416 e. The lowest BCUT2D eigenvalue weighted by atomic mass is 10.1. The number of hydrogen-bond donors (Lipinski definition) is 0. The van der Waals surface area contributed by atoms with E-state index in [2.05, 4.69) is 29.4 Å². The lowest BCUT2D eigenvalue weighted by Crippen LogP contribution is -2.34. The fraction of sp³-hybridized carbons (Fsp3) is 0.571. The Bertz CT molecular complexity index is 451. The number of nitrogens with zero attached hydrogens (tertiary/aromatic N) is 2. The average Bonchev–Trinajstić information content (AvgIpc) is 2.77. The number of rotatable bonds is 2. The van der Waals surface area contributed by atoms with Crippen LogP contribution in [0.5, 0.6) is 0 Å². The van der Waals surface area contributed by atoms with E-state index in [9.17, 15) is 13.2 Å². The summed E-state index contributed by atoms with van der Waals surface area (Å²) in [6.45, 7) is 9.01. The molecule has 0 unspecified atom stereocenters. The summed E-state index contributed by atoms with van der Waals surface area (Å²) < 4.78 is 41.9. The molecule has 112 valence electrons. The summed E-state index contributed by atoms with van der Waals surface area (Å²) in [4.78, 5) is 0. The standard InChI is InChI=1S/C14H19F3N2S/c1-13(2,3)19-9-8-18(20-19)10-11-4-6-12(7-5-11)14(15,16)17/h4-7H,8-10H2,1-3H3. The summed E-state index contributed by atoms with van der Waals surface area (Å²) >= 11 is 1.67. The quantitative estimate of drug-likeness (QED) is 0.757. The SMILES string of the molecule is CC(C)(C)N1CCN(Cc2ccc(C(F)(F)F)cc2)S1. The van der Waals surface area contributed by atoms with Gasteiger partial charge in [0.2, 0.25) is 0 Å². The van der Waals surface area contributed by atoms with Crippen LogP contribution in [0, 0.1) is 0 Å². The second-order valence-electron chi connectivity index (χ2n) is 5.91. The molecule has 1 heterocycles. The van der Waals surface area contributed by atoms with Crippen LogP contribution >= 0.6 is 12.1 Å². The van der Waals surface area contributed by atoms with Crippen LogP contribution in [-0.2, 0) is 12.7 Å². The summed E-state index contributed by atoms with van der Waals surface area (Å²) in [5, 5.41) is 0. The smallest absolute Gasteiger partial charge is 0.231 e. The molecule has 0 saturated carbocycles. The van der Waals surface area contributed by atoms with Crippen molar-refractivity contribution < 1.29 is 13.2 Å². The Morgan fingerprint density at radius 3 is 2.10 bits per heavy atom. The van der Waals surface area contributed by atoms with Gasteiger partial charge in [0.25, 0.3) is 0 Å². The highest BCUT2D eigenvalue weighted by atomic mass is 32.2. The van der Waals surface area contributed by atoms with Crippen molar-refractivity contribution in [2.24, 2.45) is 0 Å². The third kappa shape index (κ3) is 3.90. The minimum atomic E-state index is -4.26. The van der Waals surface area contributed by atoms with Gasteiger partial charge in [-0.15, -0.1) is 0 Å². The van der Waals surface area contributed by atoms with Crippen LogP contribution in [-0.4, -0.2) is 27.2 Å². The first-order chi connectivity index (χ1) is 9.16.